The molecule has 0 aliphatic heterocycles. The maximum absolute atomic E-state index is 10.8. The van der Waals surface area contributed by atoms with E-state index in [1.165, 1.54) is 12.8 Å². The fourth-order valence-electron chi connectivity index (χ4n) is 1.71. The molecule has 0 aromatic heterocycles. The Hall–Kier alpha value is -1.78. The van der Waals surface area contributed by atoms with Crippen LogP contribution in [0.25, 0.3) is 0 Å². The largest absolute Gasteiger partial charge is 0.385 e. The van der Waals surface area contributed by atoms with Crippen molar-refractivity contribution in [1.82, 2.24) is 0 Å². The molecule has 1 aromatic rings. The van der Waals surface area contributed by atoms with Crippen molar-refractivity contribution in [2.24, 2.45) is 5.92 Å². The Balaban J connectivity index is 2.13. The van der Waals surface area contributed by atoms with Crippen molar-refractivity contribution in [3.63, 3.8) is 0 Å². The molecule has 1 fully saturated rings. The minimum Gasteiger partial charge on any atom is -0.385 e. The van der Waals surface area contributed by atoms with E-state index in [9.17, 15) is 10.1 Å². The van der Waals surface area contributed by atoms with E-state index in [0.29, 0.717) is 0 Å². The third-order valence-electron chi connectivity index (χ3n) is 2.80. The van der Waals surface area contributed by atoms with Gasteiger partial charge >= 0.3 is 0 Å². The van der Waals surface area contributed by atoms with E-state index < -0.39 is 0 Å². The van der Waals surface area contributed by atoms with Gasteiger partial charge in [0.05, 0.1) is 4.92 Å². The Bertz CT molecular complexity index is 416. The van der Waals surface area contributed by atoms with Crippen LogP contribution in [0, 0.1) is 16.0 Å². The molecule has 5 heteroatoms. The summed E-state index contributed by atoms with van der Waals surface area (Å²) in [7, 11) is 0. The van der Waals surface area contributed by atoms with Crippen molar-refractivity contribution in [2.45, 2.75) is 19.8 Å². The van der Waals surface area contributed by atoms with E-state index in [-0.39, 0.29) is 10.6 Å². The molecule has 1 aliphatic carbocycles. The maximum atomic E-state index is 10.8. The molecule has 0 atom stereocenters. The molecule has 0 amide bonds. The van der Waals surface area contributed by atoms with Crippen LogP contribution in [0.4, 0.5) is 17.1 Å². The first-order valence-corrected chi connectivity index (χ1v) is 5.96. The van der Waals surface area contributed by atoms with Gasteiger partial charge in [-0.2, -0.15) is 0 Å². The molecule has 1 aliphatic rings. The molecular formula is C12H17N3O2. The molecule has 17 heavy (non-hydrogen) atoms. The van der Waals surface area contributed by atoms with Gasteiger partial charge < -0.3 is 10.6 Å². The van der Waals surface area contributed by atoms with Crippen molar-refractivity contribution in [3.05, 3.63) is 28.3 Å². The summed E-state index contributed by atoms with van der Waals surface area (Å²) in [4.78, 5) is 10.5. The standard InChI is InChI=1S/C12H17N3O2/c1-2-13-10-5-11(14-8-9-3-4-9)7-12(6-10)15(16)17/h5-7,9,13-14H,2-4,8H2,1H3. The lowest BCUT2D eigenvalue weighted by Gasteiger charge is -2.09. The summed E-state index contributed by atoms with van der Waals surface area (Å²) in [6.45, 7) is 3.63. The quantitative estimate of drug-likeness (QED) is 0.587. The first-order chi connectivity index (χ1) is 8.19. The number of hydrogen-bond donors (Lipinski definition) is 2. The Morgan fingerprint density at radius 2 is 1.94 bits per heavy atom. The van der Waals surface area contributed by atoms with Gasteiger partial charge in [-0.3, -0.25) is 10.1 Å². The maximum Gasteiger partial charge on any atom is 0.273 e. The number of nitrogens with zero attached hydrogens (tertiary/aromatic N) is 1. The molecule has 5 nitrogen and oxygen atoms in total. The molecule has 1 saturated carbocycles. The van der Waals surface area contributed by atoms with E-state index in [1.54, 1.807) is 12.1 Å². The van der Waals surface area contributed by atoms with Crippen molar-refractivity contribution in [2.75, 3.05) is 23.7 Å². The van der Waals surface area contributed by atoms with Crippen molar-refractivity contribution >= 4 is 17.1 Å². The molecule has 0 heterocycles. The number of hydrogen-bond acceptors (Lipinski definition) is 4. The molecule has 0 bridgehead atoms. The highest BCUT2D eigenvalue weighted by Gasteiger charge is 2.21. The fraction of sp³-hybridized carbons (Fsp3) is 0.500. The number of rotatable bonds is 6. The van der Waals surface area contributed by atoms with Gasteiger partial charge in [-0.25, -0.2) is 0 Å². The Morgan fingerprint density at radius 1 is 1.29 bits per heavy atom. The normalized spacial score (nSPS) is 14.4. The summed E-state index contributed by atoms with van der Waals surface area (Å²) in [5.41, 5.74) is 1.74. The highest BCUT2D eigenvalue weighted by molar-refractivity contribution is 5.63. The van der Waals surface area contributed by atoms with Crippen LogP contribution in [0.2, 0.25) is 0 Å². The Kier molecular flexibility index (Phi) is 3.46. The summed E-state index contributed by atoms with van der Waals surface area (Å²) in [5.74, 6) is 0.747. The average molecular weight is 235 g/mol. The molecule has 0 radical (unpaired) electrons. The number of nitrogens with one attached hydrogen (secondary N) is 2. The highest BCUT2D eigenvalue weighted by atomic mass is 16.6. The second-order valence-corrected chi connectivity index (χ2v) is 4.38. The topological polar surface area (TPSA) is 67.2 Å². The SMILES string of the molecule is CCNc1cc(NCC2CC2)cc([N+](=O)[O-])c1. The van der Waals surface area contributed by atoms with Crippen LogP contribution in [0.5, 0.6) is 0 Å². The fourth-order valence-corrected chi connectivity index (χ4v) is 1.71. The average Bonchev–Trinajstić information content (AvgIpc) is 3.10. The molecule has 0 unspecified atom stereocenters. The lowest BCUT2D eigenvalue weighted by molar-refractivity contribution is -0.384. The van der Waals surface area contributed by atoms with Gasteiger partial charge in [-0.15, -0.1) is 0 Å². The number of nitro groups is 1. The monoisotopic (exact) mass is 235 g/mol. The van der Waals surface area contributed by atoms with Crippen LogP contribution in [-0.2, 0) is 0 Å². The number of nitro benzene ring substituents is 1. The Labute approximate surface area is 100 Å². The van der Waals surface area contributed by atoms with E-state index in [4.69, 9.17) is 0 Å². The molecule has 2 rings (SSSR count). The zero-order chi connectivity index (χ0) is 12.3. The van der Waals surface area contributed by atoms with Gasteiger partial charge in [0.15, 0.2) is 0 Å². The minimum atomic E-state index is -0.358. The summed E-state index contributed by atoms with van der Waals surface area (Å²) in [6, 6.07) is 5.06. The molecule has 0 saturated heterocycles. The van der Waals surface area contributed by atoms with Crippen LogP contribution in [0.15, 0.2) is 18.2 Å². The molecule has 1 aromatic carbocycles. The van der Waals surface area contributed by atoms with Crippen LogP contribution in [-0.4, -0.2) is 18.0 Å². The number of non-ortho nitro benzene ring substituents is 1. The van der Waals surface area contributed by atoms with E-state index >= 15 is 0 Å². The zero-order valence-corrected chi connectivity index (χ0v) is 9.90. The predicted molar refractivity (Wildman–Crippen MR) is 68.5 cm³/mol. The highest BCUT2D eigenvalue weighted by Crippen LogP contribution is 2.30. The molecule has 0 spiro atoms. The molecule has 2 N–H and O–H groups in total. The number of benzene rings is 1. The minimum absolute atomic E-state index is 0.127. The first kappa shape index (κ1) is 11.7. The third kappa shape index (κ3) is 3.34. The molecule has 92 valence electrons. The second-order valence-electron chi connectivity index (χ2n) is 4.38. The van der Waals surface area contributed by atoms with Crippen LogP contribution in [0.3, 0.4) is 0 Å². The summed E-state index contributed by atoms with van der Waals surface area (Å²) in [5, 5.41) is 17.2. The van der Waals surface area contributed by atoms with Gasteiger partial charge in [-0.1, -0.05) is 0 Å². The summed E-state index contributed by atoms with van der Waals surface area (Å²) in [6.07, 6.45) is 2.53. The second kappa shape index (κ2) is 5.03. The number of anilines is 2. The summed E-state index contributed by atoms with van der Waals surface area (Å²) < 4.78 is 0. The van der Waals surface area contributed by atoms with Crippen LogP contribution in [0.1, 0.15) is 19.8 Å². The molecular weight excluding hydrogens is 218 g/mol. The first-order valence-electron chi connectivity index (χ1n) is 5.96. The lowest BCUT2D eigenvalue weighted by Crippen LogP contribution is -2.05. The van der Waals surface area contributed by atoms with Crippen molar-refractivity contribution in [3.8, 4) is 0 Å². The Morgan fingerprint density at radius 3 is 2.47 bits per heavy atom. The van der Waals surface area contributed by atoms with E-state index in [2.05, 4.69) is 10.6 Å². The summed E-state index contributed by atoms with van der Waals surface area (Å²) >= 11 is 0. The lowest BCUT2D eigenvalue weighted by atomic mass is 10.2. The predicted octanol–water partition coefficient (Wildman–Crippen LogP) is 2.85. The zero-order valence-electron chi connectivity index (χ0n) is 9.90. The van der Waals surface area contributed by atoms with Gasteiger partial charge in [0, 0.05) is 36.6 Å². The third-order valence-corrected chi connectivity index (χ3v) is 2.80. The van der Waals surface area contributed by atoms with E-state index in [0.717, 1.165) is 30.4 Å². The smallest absolute Gasteiger partial charge is 0.273 e. The van der Waals surface area contributed by atoms with Gasteiger partial charge in [0.1, 0.15) is 0 Å². The van der Waals surface area contributed by atoms with Crippen molar-refractivity contribution < 1.29 is 4.92 Å². The van der Waals surface area contributed by atoms with Gasteiger partial charge in [0.25, 0.3) is 5.69 Å². The van der Waals surface area contributed by atoms with Crippen molar-refractivity contribution in [1.29, 1.82) is 0 Å². The van der Waals surface area contributed by atoms with E-state index in [1.807, 2.05) is 13.0 Å². The van der Waals surface area contributed by atoms with Crippen LogP contribution >= 0.6 is 0 Å². The van der Waals surface area contributed by atoms with Gasteiger partial charge in [-0.05, 0) is 31.7 Å². The van der Waals surface area contributed by atoms with Gasteiger partial charge in [0.2, 0.25) is 0 Å². The van der Waals surface area contributed by atoms with Crippen LogP contribution < -0.4 is 10.6 Å².